The van der Waals surface area contributed by atoms with Crippen molar-refractivity contribution >= 4 is 23.9 Å². The Bertz CT molecular complexity index is 804. The zero-order valence-corrected chi connectivity index (χ0v) is 18.6. The number of rotatable bonds is 4. The first-order chi connectivity index (χ1) is 11.8. The summed E-state index contributed by atoms with van der Waals surface area (Å²) >= 11 is 0. The summed E-state index contributed by atoms with van der Waals surface area (Å²) in [7, 11) is -5.95. The van der Waals surface area contributed by atoms with Gasteiger partial charge in [-0.3, -0.25) is 4.79 Å². The van der Waals surface area contributed by atoms with Crippen LogP contribution in [-0.4, -0.2) is 28.6 Å². The highest BCUT2D eigenvalue weighted by Gasteiger charge is 2.45. The minimum Gasteiger partial charge on any atom is -0.410 e. The van der Waals surface area contributed by atoms with Gasteiger partial charge in [-0.2, -0.15) is 0 Å². The van der Waals surface area contributed by atoms with Crippen molar-refractivity contribution in [1.29, 1.82) is 0 Å². The highest BCUT2D eigenvalue weighted by molar-refractivity contribution is 7.96. The Kier molecular flexibility index (Phi) is 5.72. The van der Waals surface area contributed by atoms with Gasteiger partial charge in [0.1, 0.15) is 4.91 Å². The summed E-state index contributed by atoms with van der Waals surface area (Å²) < 4.78 is 32.5. The lowest BCUT2D eigenvalue weighted by Crippen LogP contribution is -2.48. The number of carbonyl (C=O) groups excluding carboxylic acids is 1. The molecule has 0 bridgehead atoms. The fraction of sp³-hybridized carbons (Fsp3) is 0.550. The van der Waals surface area contributed by atoms with Crippen molar-refractivity contribution in [2.75, 3.05) is 0 Å². The van der Waals surface area contributed by atoms with E-state index in [9.17, 15) is 13.2 Å². The average Bonchev–Trinajstić information content (AvgIpc) is 2.55. The van der Waals surface area contributed by atoms with Crippen molar-refractivity contribution in [1.82, 2.24) is 0 Å². The molecule has 0 N–H and O–H groups in total. The molecule has 1 aromatic rings. The molecule has 0 amide bonds. The molecule has 1 aromatic carbocycles. The molecule has 1 aliphatic carbocycles. The maximum absolute atomic E-state index is 13.0. The minimum absolute atomic E-state index is 0.00369. The van der Waals surface area contributed by atoms with Gasteiger partial charge >= 0.3 is 0 Å². The predicted octanol–water partition coefficient (Wildman–Crippen LogP) is 4.59. The lowest BCUT2D eigenvalue weighted by molar-refractivity contribution is -0.121. The first-order valence-corrected chi connectivity index (χ1v) is 13.4. The van der Waals surface area contributed by atoms with E-state index in [-0.39, 0.29) is 32.6 Å². The molecule has 0 aliphatic heterocycles. The molecule has 0 saturated heterocycles. The molecule has 0 spiro atoms. The van der Waals surface area contributed by atoms with Gasteiger partial charge < -0.3 is 4.43 Å². The third-order valence-corrected chi connectivity index (χ3v) is 12.1. The van der Waals surface area contributed by atoms with Crippen LogP contribution in [0.5, 0.6) is 0 Å². The lowest BCUT2D eigenvalue weighted by atomic mass is 9.83. The van der Waals surface area contributed by atoms with Crippen LogP contribution in [0.2, 0.25) is 18.1 Å². The Labute approximate surface area is 158 Å². The molecule has 144 valence electrons. The van der Waals surface area contributed by atoms with Crippen molar-refractivity contribution in [3.63, 3.8) is 0 Å². The number of Topliss-reactive ketones (excluding diaryl/α,β-unsaturated/α-hetero) is 1. The molecule has 4 nitrogen and oxygen atoms in total. The Morgan fingerprint density at radius 2 is 1.58 bits per heavy atom. The van der Waals surface area contributed by atoms with Crippen LogP contribution in [0.3, 0.4) is 0 Å². The number of hydrogen-bond donors (Lipinski definition) is 0. The van der Waals surface area contributed by atoms with Crippen LogP contribution >= 0.6 is 0 Å². The molecule has 26 heavy (non-hydrogen) atoms. The fourth-order valence-electron chi connectivity index (χ4n) is 2.74. The van der Waals surface area contributed by atoms with Gasteiger partial charge in [-0.1, -0.05) is 52.8 Å². The second kappa shape index (κ2) is 7.06. The smallest absolute Gasteiger partial charge is 0.209 e. The highest BCUT2D eigenvalue weighted by atomic mass is 32.2. The van der Waals surface area contributed by atoms with E-state index in [0.717, 1.165) is 0 Å². The summed E-state index contributed by atoms with van der Waals surface area (Å²) in [5, 5.41) is 0.00369. The van der Waals surface area contributed by atoms with E-state index in [4.69, 9.17) is 4.43 Å². The number of ketones is 1. The van der Waals surface area contributed by atoms with E-state index in [1.165, 1.54) is 12.1 Å². The van der Waals surface area contributed by atoms with Gasteiger partial charge in [0.2, 0.25) is 9.84 Å². The molecule has 3 atom stereocenters. The van der Waals surface area contributed by atoms with E-state index in [1.54, 1.807) is 31.2 Å². The second-order valence-corrected chi connectivity index (χ2v) is 15.4. The van der Waals surface area contributed by atoms with Gasteiger partial charge in [0.05, 0.1) is 11.0 Å². The number of allylic oxidation sites excluding steroid dienone is 1. The van der Waals surface area contributed by atoms with Crippen molar-refractivity contribution in [2.24, 2.45) is 11.8 Å². The van der Waals surface area contributed by atoms with Crippen molar-refractivity contribution in [2.45, 2.75) is 63.8 Å². The van der Waals surface area contributed by atoms with Crippen LogP contribution in [-0.2, 0) is 19.1 Å². The molecule has 0 aromatic heterocycles. The van der Waals surface area contributed by atoms with E-state index >= 15 is 0 Å². The highest BCUT2D eigenvalue weighted by Crippen LogP contribution is 2.41. The second-order valence-electron chi connectivity index (χ2n) is 8.70. The molecule has 0 saturated carbocycles. The van der Waals surface area contributed by atoms with Gasteiger partial charge in [-0.05, 0) is 42.3 Å². The molecular weight excluding hydrogens is 364 g/mol. The Balaban J connectivity index is 2.50. The standard InChI is InChI=1S/C20H30O4SSi/c1-14-15(2)19(21)18(25(22,23)16-11-9-8-10-12-16)13-17(14)24-26(6,7)20(3,4)5/h8-15,17H,1-7H3/t14?,15-,17+/m1/s1. The minimum atomic E-state index is -3.84. The van der Waals surface area contributed by atoms with Crippen LogP contribution in [0.15, 0.2) is 46.2 Å². The Hall–Kier alpha value is -1.24. The Morgan fingerprint density at radius 3 is 2.08 bits per heavy atom. The summed E-state index contributed by atoms with van der Waals surface area (Å²) in [6, 6.07) is 8.13. The summed E-state index contributed by atoms with van der Waals surface area (Å²) in [6.45, 7) is 14.5. The zero-order valence-electron chi connectivity index (χ0n) is 16.7. The largest absolute Gasteiger partial charge is 0.410 e. The molecule has 1 unspecified atom stereocenters. The fourth-order valence-corrected chi connectivity index (χ4v) is 5.59. The van der Waals surface area contributed by atoms with Gasteiger partial charge in [0, 0.05) is 5.92 Å². The summed E-state index contributed by atoms with van der Waals surface area (Å²) in [5.41, 5.74) is 0. The molecule has 0 heterocycles. The van der Waals surface area contributed by atoms with Crippen LogP contribution in [0.4, 0.5) is 0 Å². The molecule has 6 heteroatoms. The van der Waals surface area contributed by atoms with Crippen LogP contribution in [0, 0.1) is 11.8 Å². The van der Waals surface area contributed by atoms with Gasteiger partial charge in [0.15, 0.2) is 14.1 Å². The molecule has 2 rings (SSSR count). The van der Waals surface area contributed by atoms with Crippen LogP contribution in [0.1, 0.15) is 34.6 Å². The monoisotopic (exact) mass is 394 g/mol. The normalized spacial score (nSPS) is 25.1. The maximum Gasteiger partial charge on any atom is 0.209 e. The molecular formula is C20H30O4SSi. The van der Waals surface area contributed by atoms with Crippen molar-refractivity contribution in [3.05, 3.63) is 41.3 Å². The van der Waals surface area contributed by atoms with E-state index in [2.05, 4.69) is 33.9 Å². The van der Waals surface area contributed by atoms with Crippen molar-refractivity contribution < 1.29 is 17.6 Å². The maximum atomic E-state index is 13.0. The third-order valence-electron chi connectivity index (χ3n) is 5.86. The Morgan fingerprint density at radius 1 is 1.04 bits per heavy atom. The van der Waals surface area contributed by atoms with E-state index in [0.29, 0.717) is 0 Å². The molecule has 0 fully saturated rings. The van der Waals surface area contributed by atoms with Gasteiger partial charge in [-0.25, -0.2) is 8.42 Å². The first kappa shape index (κ1) is 21.1. The summed E-state index contributed by atoms with van der Waals surface area (Å²) in [5.74, 6) is -0.786. The number of benzene rings is 1. The van der Waals surface area contributed by atoms with Crippen LogP contribution < -0.4 is 0 Å². The topological polar surface area (TPSA) is 60.4 Å². The number of hydrogen-bond acceptors (Lipinski definition) is 4. The third kappa shape index (κ3) is 3.87. The summed E-state index contributed by atoms with van der Waals surface area (Å²) in [6.07, 6.45) is 1.17. The van der Waals surface area contributed by atoms with Gasteiger partial charge in [0.25, 0.3) is 0 Å². The predicted molar refractivity (Wildman–Crippen MR) is 107 cm³/mol. The lowest BCUT2D eigenvalue weighted by Gasteiger charge is -2.42. The molecule has 1 aliphatic rings. The molecule has 0 radical (unpaired) electrons. The van der Waals surface area contributed by atoms with Crippen LogP contribution in [0.25, 0.3) is 0 Å². The van der Waals surface area contributed by atoms with E-state index < -0.39 is 24.1 Å². The average molecular weight is 395 g/mol. The number of sulfone groups is 1. The summed E-state index contributed by atoms with van der Waals surface area (Å²) in [4.78, 5) is 12.8. The zero-order chi connectivity index (χ0) is 19.9. The first-order valence-electron chi connectivity index (χ1n) is 9.03. The van der Waals surface area contributed by atoms with Crippen molar-refractivity contribution in [3.8, 4) is 0 Å². The quantitative estimate of drug-likeness (QED) is 0.701. The van der Waals surface area contributed by atoms with Gasteiger partial charge in [-0.15, -0.1) is 0 Å². The van der Waals surface area contributed by atoms with E-state index in [1.807, 2.05) is 6.92 Å². The SMILES string of the molecule is CC1[C@@H](O[Si](C)(C)C(C)(C)C)C=C(S(=O)(=O)c2ccccc2)C(=O)[C@@H]1C. The number of carbonyl (C=O) groups is 1.